The number of carbonyl (C=O) groups is 2. The van der Waals surface area contributed by atoms with Crippen LogP contribution in [-0.2, 0) is 9.53 Å². The van der Waals surface area contributed by atoms with Gasteiger partial charge in [-0.1, -0.05) is 0 Å². The van der Waals surface area contributed by atoms with Gasteiger partial charge >= 0.3 is 5.97 Å². The van der Waals surface area contributed by atoms with Crippen molar-refractivity contribution in [3.63, 3.8) is 0 Å². The van der Waals surface area contributed by atoms with Gasteiger partial charge in [0.05, 0.1) is 24.9 Å². The minimum Gasteiger partial charge on any atom is -0.469 e. The van der Waals surface area contributed by atoms with Gasteiger partial charge < -0.3 is 10.1 Å². The average Bonchev–Trinajstić information content (AvgIpc) is 3.08. The van der Waals surface area contributed by atoms with E-state index in [9.17, 15) is 9.59 Å². The van der Waals surface area contributed by atoms with Crippen molar-refractivity contribution >= 4 is 11.9 Å². The Kier molecular flexibility index (Phi) is 3.61. The highest BCUT2D eigenvalue weighted by atomic mass is 16.5. The van der Waals surface area contributed by atoms with Crippen molar-refractivity contribution in [3.05, 3.63) is 23.8 Å². The lowest BCUT2D eigenvalue weighted by Crippen LogP contribution is -2.47. The van der Waals surface area contributed by atoms with Gasteiger partial charge in [0.1, 0.15) is 5.69 Å². The number of ether oxygens (including phenoxy) is 1. The van der Waals surface area contributed by atoms with Crippen LogP contribution in [0, 0.1) is 24.7 Å². The molecule has 0 aromatic carbocycles. The lowest BCUT2D eigenvalue weighted by Gasteiger charge is -2.29. The first-order valence-electron chi connectivity index (χ1n) is 7.27. The van der Waals surface area contributed by atoms with Gasteiger partial charge in [0.15, 0.2) is 0 Å². The highest BCUT2D eigenvalue weighted by Gasteiger charge is 2.52. The van der Waals surface area contributed by atoms with Gasteiger partial charge in [0.25, 0.3) is 5.91 Å². The maximum Gasteiger partial charge on any atom is 0.311 e. The number of amides is 1. The van der Waals surface area contributed by atoms with Crippen LogP contribution in [0.5, 0.6) is 0 Å². The molecule has 4 atom stereocenters. The molecule has 112 valence electrons. The quantitative estimate of drug-likeness (QED) is 0.843. The molecule has 1 heterocycles. The van der Waals surface area contributed by atoms with Crippen molar-refractivity contribution < 1.29 is 14.3 Å². The van der Waals surface area contributed by atoms with Crippen LogP contribution in [0.4, 0.5) is 0 Å². The highest BCUT2D eigenvalue weighted by molar-refractivity contribution is 5.92. The summed E-state index contributed by atoms with van der Waals surface area (Å²) in [4.78, 5) is 32.4. The molecule has 1 aromatic rings. The third kappa shape index (κ3) is 2.50. The monoisotopic (exact) mass is 289 g/mol. The molecule has 1 amide bonds. The summed E-state index contributed by atoms with van der Waals surface area (Å²) in [6.45, 7) is 1.82. The summed E-state index contributed by atoms with van der Waals surface area (Å²) in [7, 11) is 1.40. The molecule has 2 aliphatic rings. The Morgan fingerprint density at radius 1 is 1.24 bits per heavy atom. The minimum atomic E-state index is -0.269. The molecule has 0 spiro atoms. The van der Waals surface area contributed by atoms with Crippen LogP contribution in [0.25, 0.3) is 0 Å². The Hall–Kier alpha value is -1.98. The van der Waals surface area contributed by atoms with Crippen molar-refractivity contribution in [2.45, 2.75) is 32.2 Å². The van der Waals surface area contributed by atoms with Gasteiger partial charge in [-0.3, -0.25) is 14.6 Å². The number of hydrogen-bond acceptors (Lipinski definition) is 5. The second-order valence-electron chi connectivity index (χ2n) is 5.92. The zero-order valence-electron chi connectivity index (χ0n) is 12.2. The summed E-state index contributed by atoms with van der Waals surface area (Å²) >= 11 is 0. The third-order valence-electron chi connectivity index (χ3n) is 4.70. The van der Waals surface area contributed by atoms with Gasteiger partial charge in [0.2, 0.25) is 0 Å². The normalized spacial score (nSPS) is 30.2. The summed E-state index contributed by atoms with van der Waals surface area (Å²) in [6, 6.07) is -0.146. The summed E-state index contributed by atoms with van der Waals surface area (Å²) in [5.74, 6) is -0.0224. The number of nitrogens with zero attached hydrogens (tertiary/aromatic N) is 2. The predicted molar refractivity (Wildman–Crippen MR) is 74.4 cm³/mol. The van der Waals surface area contributed by atoms with Crippen LogP contribution < -0.4 is 5.32 Å². The Balaban J connectivity index is 1.75. The van der Waals surface area contributed by atoms with Gasteiger partial charge in [-0.2, -0.15) is 0 Å². The van der Waals surface area contributed by atoms with E-state index in [1.165, 1.54) is 13.3 Å². The van der Waals surface area contributed by atoms with E-state index in [2.05, 4.69) is 15.3 Å². The van der Waals surface area contributed by atoms with E-state index in [4.69, 9.17) is 4.74 Å². The average molecular weight is 289 g/mol. The summed E-state index contributed by atoms with van der Waals surface area (Å²) in [6.07, 6.45) is 6.12. The number of fused-ring (bicyclic) bond motifs is 2. The number of hydrogen-bond donors (Lipinski definition) is 1. The third-order valence-corrected chi connectivity index (χ3v) is 4.70. The molecule has 0 aliphatic heterocycles. The lowest BCUT2D eigenvalue weighted by molar-refractivity contribution is -0.148. The maximum absolute atomic E-state index is 12.3. The van der Waals surface area contributed by atoms with E-state index in [0.29, 0.717) is 11.8 Å². The standard InChI is InChI=1S/C15H19N3O3/c1-8-6-17-11(7-16-8)14(19)18-13-10-4-3-9(5-10)12(13)15(20)21-2/h6-7,9-10,12-13H,3-5H2,1-2H3,(H,18,19)/t9-,10-,12+,13+/m0/s1. The Morgan fingerprint density at radius 3 is 2.67 bits per heavy atom. The first-order valence-corrected chi connectivity index (χ1v) is 7.27. The van der Waals surface area contributed by atoms with Crippen LogP contribution in [0.3, 0.4) is 0 Å². The number of methoxy groups -OCH3 is 1. The van der Waals surface area contributed by atoms with E-state index < -0.39 is 0 Å². The predicted octanol–water partition coefficient (Wildman–Crippen LogP) is 1.10. The van der Waals surface area contributed by atoms with Crippen LogP contribution in [0.1, 0.15) is 35.4 Å². The molecule has 1 aromatic heterocycles. The van der Waals surface area contributed by atoms with Crippen molar-refractivity contribution in [1.82, 2.24) is 15.3 Å². The molecule has 2 saturated carbocycles. The lowest BCUT2D eigenvalue weighted by atomic mass is 9.84. The first kappa shape index (κ1) is 14.0. The van der Waals surface area contributed by atoms with E-state index in [0.717, 1.165) is 25.0 Å². The number of carbonyl (C=O) groups excluding carboxylic acids is 2. The molecule has 6 heteroatoms. The Labute approximate surface area is 123 Å². The fourth-order valence-electron chi connectivity index (χ4n) is 3.71. The second kappa shape index (κ2) is 5.42. The summed E-state index contributed by atoms with van der Waals surface area (Å²) < 4.78 is 4.90. The molecule has 2 fully saturated rings. The van der Waals surface area contributed by atoms with Gasteiger partial charge in [-0.05, 0) is 38.0 Å². The SMILES string of the molecule is COC(=O)[C@@H]1[C@H]2CC[C@@H](C2)[C@H]1NC(=O)c1cnc(C)cn1. The molecule has 6 nitrogen and oxygen atoms in total. The largest absolute Gasteiger partial charge is 0.469 e. The molecular weight excluding hydrogens is 270 g/mol. The van der Waals surface area contributed by atoms with Gasteiger partial charge in [-0.15, -0.1) is 0 Å². The Bertz CT molecular complexity index is 558. The van der Waals surface area contributed by atoms with Crippen molar-refractivity contribution in [1.29, 1.82) is 0 Å². The molecule has 0 saturated heterocycles. The summed E-state index contributed by atoms with van der Waals surface area (Å²) in [5.41, 5.74) is 1.05. The maximum atomic E-state index is 12.3. The molecule has 0 unspecified atom stereocenters. The van der Waals surface area contributed by atoms with Crippen molar-refractivity contribution in [3.8, 4) is 0 Å². The second-order valence-corrected chi connectivity index (χ2v) is 5.92. The number of esters is 1. The first-order chi connectivity index (χ1) is 10.1. The van der Waals surface area contributed by atoms with Crippen LogP contribution in [-0.4, -0.2) is 35.0 Å². The van der Waals surface area contributed by atoms with Crippen LogP contribution in [0.15, 0.2) is 12.4 Å². The van der Waals surface area contributed by atoms with Crippen molar-refractivity contribution in [2.24, 2.45) is 17.8 Å². The Morgan fingerprint density at radius 2 is 2.00 bits per heavy atom. The topological polar surface area (TPSA) is 81.2 Å². The minimum absolute atomic E-state index is 0.146. The zero-order valence-corrected chi connectivity index (χ0v) is 12.2. The molecule has 2 aliphatic carbocycles. The van der Waals surface area contributed by atoms with E-state index in [1.54, 1.807) is 6.20 Å². The zero-order chi connectivity index (χ0) is 15.0. The molecule has 21 heavy (non-hydrogen) atoms. The van der Waals surface area contributed by atoms with Gasteiger partial charge in [0, 0.05) is 12.2 Å². The molecule has 0 radical (unpaired) electrons. The molecule has 3 rings (SSSR count). The molecular formula is C15H19N3O3. The van der Waals surface area contributed by atoms with Crippen molar-refractivity contribution in [2.75, 3.05) is 7.11 Å². The number of aryl methyl sites for hydroxylation is 1. The number of aromatic nitrogens is 2. The summed E-state index contributed by atoms with van der Waals surface area (Å²) in [5, 5.41) is 2.97. The van der Waals surface area contributed by atoms with Gasteiger partial charge in [-0.25, -0.2) is 4.98 Å². The fraction of sp³-hybridized carbons (Fsp3) is 0.600. The van der Waals surface area contributed by atoms with E-state index >= 15 is 0 Å². The fourth-order valence-corrected chi connectivity index (χ4v) is 3.71. The molecule has 1 N–H and O–H groups in total. The van der Waals surface area contributed by atoms with Crippen LogP contribution >= 0.6 is 0 Å². The number of rotatable bonds is 3. The number of nitrogens with one attached hydrogen (secondary N) is 1. The highest BCUT2D eigenvalue weighted by Crippen LogP contribution is 2.48. The molecule has 2 bridgehead atoms. The van der Waals surface area contributed by atoms with Crippen LogP contribution in [0.2, 0.25) is 0 Å². The smallest absolute Gasteiger partial charge is 0.311 e. The van der Waals surface area contributed by atoms with E-state index in [-0.39, 0.29) is 29.5 Å². The van der Waals surface area contributed by atoms with E-state index in [1.807, 2.05) is 6.92 Å².